The fourth-order valence-corrected chi connectivity index (χ4v) is 2.10. The van der Waals surface area contributed by atoms with Crippen molar-refractivity contribution in [2.45, 2.75) is 25.3 Å². The molecule has 0 saturated heterocycles. The SMILES string of the molecule is CNC(=O)N(O)C(C)[C@@H]1C[C@H]1c1ccoc1. The number of urea groups is 1. The molecule has 1 aromatic rings. The standard InChI is InChI=1S/C11H16N2O3/c1-7(13(15)11(14)12-2)9-5-10(9)8-3-4-16-6-8/h3-4,6-7,9-10,15H,5H2,1-2H3,(H,12,14)/t7?,9-,10-/m0/s1. The van der Waals surface area contributed by atoms with Crippen LogP contribution in [0.1, 0.15) is 24.8 Å². The first-order valence-corrected chi connectivity index (χ1v) is 5.37. The molecule has 88 valence electrons. The maximum absolute atomic E-state index is 11.2. The fraction of sp³-hybridized carbons (Fsp3) is 0.545. The van der Waals surface area contributed by atoms with E-state index < -0.39 is 6.03 Å². The van der Waals surface area contributed by atoms with E-state index in [0.29, 0.717) is 11.8 Å². The van der Waals surface area contributed by atoms with Crippen LogP contribution >= 0.6 is 0 Å². The van der Waals surface area contributed by atoms with Gasteiger partial charge in [-0.25, -0.2) is 9.86 Å². The third kappa shape index (κ3) is 1.90. The van der Waals surface area contributed by atoms with Gasteiger partial charge in [0.25, 0.3) is 0 Å². The molecule has 0 spiro atoms. The van der Waals surface area contributed by atoms with E-state index in [1.54, 1.807) is 12.5 Å². The molecule has 16 heavy (non-hydrogen) atoms. The molecule has 1 heterocycles. The van der Waals surface area contributed by atoms with Gasteiger partial charge in [0.15, 0.2) is 0 Å². The van der Waals surface area contributed by atoms with Gasteiger partial charge in [-0.05, 0) is 36.8 Å². The van der Waals surface area contributed by atoms with Crippen molar-refractivity contribution in [3.8, 4) is 0 Å². The Morgan fingerprint density at radius 1 is 1.75 bits per heavy atom. The summed E-state index contributed by atoms with van der Waals surface area (Å²) >= 11 is 0. The zero-order valence-electron chi connectivity index (χ0n) is 9.38. The summed E-state index contributed by atoms with van der Waals surface area (Å²) in [5.74, 6) is 0.702. The number of carbonyl (C=O) groups is 1. The molecule has 0 radical (unpaired) electrons. The molecular formula is C11H16N2O3. The second-order valence-corrected chi connectivity index (χ2v) is 4.20. The van der Waals surface area contributed by atoms with E-state index >= 15 is 0 Å². The molecule has 0 bridgehead atoms. The van der Waals surface area contributed by atoms with Gasteiger partial charge >= 0.3 is 6.03 Å². The third-order valence-electron chi connectivity index (χ3n) is 3.24. The fourth-order valence-electron chi connectivity index (χ4n) is 2.10. The highest BCUT2D eigenvalue weighted by molar-refractivity contribution is 5.72. The first kappa shape index (κ1) is 11.0. The highest BCUT2D eigenvalue weighted by Crippen LogP contribution is 2.50. The molecule has 1 saturated carbocycles. The molecule has 1 fully saturated rings. The van der Waals surface area contributed by atoms with E-state index in [9.17, 15) is 10.0 Å². The predicted molar refractivity (Wildman–Crippen MR) is 57.1 cm³/mol. The summed E-state index contributed by atoms with van der Waals surface area (Å²) in [7, 11) is 1.50. The van der Waals surface area contributed by atoms with E-state index in [2.05, 4.69) is 5.32 Å². The van der Waals surface area contributed by atoms with E-state index in [-0.39, 0.29) is 6.04 Å². The predicted octanol–water partition coefficient (Wildman–Crippen LogP) is 1.80. The van der Waals surface area contributed by atoms with Gasteiger partial charge in [-0.3, -0.25) is 5.21 Å². The molecule has 1 aromatic heterocycles. The quantitative estimate of drug-likeness (QED) is 0.607. The number of hydrogen-bond donors (Lipinski definition) is 2. The highest BCUT2D eigenvalue weighted by atomic mass is 16.5. The Morgan fingerprint density at radius 3 is 3.06 bits per heavy atom. The third-order valence-corrected chi connectivity index (χ3v) is 3.24. The number of carbonyl (C=O) groups excluding carboxylic acids is 1. The van der Waals surface area contributed by atoms with Crippen LogP contribution in [0.15, 0.2) is 23.0 Å². The maximum Gasteiger partial charge on any atom is 0.341 e. The number of hydroxylamine groups is 2. The van der Waals surface area contributed by atoms with Crippen molar-refractivity contribution in [1.29, 1.82) is 0 Å². The molecule has 5 nitrogen and oxygen atoms in total. The average Bonchev–Trinajstić information content (AvgIpc) is 2.92. The second kappa shape index (κ2) is 4.17. The minimum absolute atomic E-state index is 0.181. The first-order chi connectivity index (χ1) is 7.65. The molecule has 2 N–H and O–H groups in total. The molecule has 1 unspecified atom stereocenters. The molecule has 5 heteroatoms. The number of hydrogen-bond acceptors (Lipinski definition) is 3. The van der Waals surface area contributed by atoms with Gasteiger partial charge in [-0.15, -0.1) is 0 Å². The van der Waals surface area contributed by atoms with Crippen LogP contribution in [0.3, 0.4) is 0 Å². The van der Waals surface area contributed by atoms with E-state index in [1.807, 2.05) is 13.0 Å². The maximum atomic E-state index is 11.2. The van der Waals surface area contributed by atoms with Crippen LogP contribution in [-0.2, 0) is 0 Å². The summed E-state index contributed by atoms with van der Waals surface area (Å²) in [6, 6.07) is 1.28. The van der Waals surface area contributed by atoms with Crippen LogP contribution < -0.4 is 5.32 Å². The van der Waals surface area contributed by atoms with E-state index in [0.717, 1.165) is 17.0 Å². The molecule has 1 aliphatic rings. The number of nitrogens with zero attached hydrogens (tertiary/aromatic N) is 1. The van der Waals surface area contributed by atoms with Crippen molar-refractivity contribution in [3.05, 3.63) is 24.2 Å². The Labute approximate surface area is 94.0 Å². The Bertz CT molecular complexity index is 363. The minimum atomic E-state index is -0.467. The summed E-state index contributed by atoms with van der Waals surface area (Å²) in [5.41, 5.74) is 1.14. The van der Waals surface area contributed by atoms with Crippen molar-refractivity contribution < 1.29 is 14.4 Å². The van der Waals surface area contributed by atoms with Crippen LogP contribution in [-0.4, -0.2) is 29.4 Å². The van der Waals surface area contributed by atoms with Crippen LogP contribution in [0.5, 0.6) is 0 Å². The normalized spacial score (nSPS) is 24.9. The number of rotatable bonds is 3. The van der Waals surface area contributed by atoms with Crippen LogP contribution in [0.25, 0.3) is 0 Å². The summed E-state index contributed by atoms with van der Waals surface area (Å²) in [6.07, 6.45) is 4.35. The van der Waals surface area contributed by atoms with Crippen molar-refractivity contribution in [2.75, 3.05) is 7.05 Å². The van der Waals surface area contributed by atoms with Crippen molar-refractivity contribution >= 4 is 6.03 Å². The smallest absolute Gasteiger partial charge is 0.341 e. The van der Waals surface area contributed by atoms with Crippen molar-refractivity contribution in [2.24, 2.45) is 5.92 Å². The summed E-state index contributed by atoms with van der Waals surface area (Å²) in [5, 5.41) is 12.8. The summed E-state index contributed by atoms with van der Waals surface area (Å²) in [4.78, 5) is 11.2. The lowest BCUT2D eigenvalue weighted by atomic mass is 10.1. The topological polar surface area (TPSA) is 65.7 Å². The van der Waals surface area contributed by atoms with Gasteiger partial charge in [0.1, 0.15) is 0 Å². The van der Waals surface area contributed by atoms with Crippen molar-refractivity contribution in [1.82, 2.24) is 10.4 Å². The molecular weight excluding hydrogens is 208 g/mol. The largest absolute Gasteiger partial charge is 0.472 e. The minimum Gasteiger partial charge on any atom is -0.472 e. The van der Waals surface area contributed by atoms with Gasteiger partial charge < -0.3 is 9.73 Å². The number of amides is 2. The van der Waals surface area contributed by atoms with Crippen LogP contribution in [0.4, 0.5) is 4.79 Å². The van der Waals surface area contributed by atoms with Crippen molar-refractivity contribution in [3.63, 3.8) is 0 Å². The Balaban J connectivity index is 1.94. The molecule has 1 aliphatic carbocycles. The monoisotopic (exact) mass is 224 g/mol. The first-order valence-electron chi connectivity index (χ1n) is 5.37. The molecule has 0 aromatic carbocycles. The van der Waals surface area contributed by atoms with Crippen LogP contribution in [0.2, 0.25) is 0 Å². The van der Waals surface area contributed by atoms with Gasteiger partial charge in [-0.2, -0.15) is 0 Å². The van der Waals surface area contributed by atoms with E-state index in [1.165, 1.54) is 7.05 Å². The molecule has 3 atom stereocenters. The highest BCUT2D eigenvalue weighted by Gasteiger charge is 2.45. The second-order valence-electron chi connectivity index (χ2n) is 4.20. The average molecular weight is 224 g/mol. The summed E-state index contributed by atoms with van der Waals surface area (Å²) in [6.45, 7) is 1.85. The zero-order chi connectivity index (χ0) is 11.7. The molecule has 0 aliphatic heterocycles. The lowest BCUT2D eigenvalue weighted by Crippen LogP contribution is -2.42. The zero-order valence-corrected chi connectivity index (χ0v) is 9.38. The molecule has 2 rings (SSSR count). The number of nitrogens with one attached hydrogen (secondary N) is 1. The Kier molecular flexibility index (Phi) is 2.87. The Hall–Kier alpha value is -1.49. The van der Waals surface area contributed by atoms with Gasteiger partial charge in [-0.1, -0.05) is 0 Å². The van der Waals surface area contributed by atoms with E-state index in [4.69, 9.17) is 4.42 Å². The Morgan fingerprint density at radius 2 is 2.50 bits per heavy atom. The number of furan rings is 1. The lowest BCUT2D eigenvalue weighted by Gasteiger charge is -2.22. The van der Waals surface area contributed by atoms with Gasteiger partial charge in [0, 0.05) is 7.05 Å². The van der Waals surface area contributed by atoms with Gasteiger partial charge in [0.2, 0.25) is 0 Å². The van der Waals surface area contributed by atoms with Gasteiger partial charge in [0.05, 0.1) is 18.6 Å². The molecule has 2 amide bonds. The lowest BCUT2D eigenvalue weighted by molar-refractivity contribution is -0.0787. The summed E-state index contributed by atoms with van der Waals surface area (Å²) < 4.78 is 5.02. The van der Waals surface area contributed by atoms with Crippen LogP contribution in [0, 0.1) is 5.92 Å².